The van der Waals surface area contributed by atoms with E-state index in [4.69, 9.17) is 16.3 Å². The van der Waals surface area contributed by atoms with Crippen molar-refractivity contribution in [2.24, 2.45) is 0 Å². The lowest BCUT2D eigenvalue weighted by molar-refractivity contribution is -0.123. The molecule has 1 amide bonds. The molecule has 0 aliphatic rings. The van der Waals surface area contributed by atoms with Gasteiger partial charge in [0.15, 0.2) is 6.61 Å². The predicted octanol–water partition coefficient (Wildman–Crippen LogP) is 3.41. The molecular formula is C14H14ClNO2S. The minimum absolute atomic E-state index is 0.00640. The molecule has 1 heterocycles. The van der Waals surface area contributed by atoms with Crippen molar-refractivity contribution in [2.75, 3.05) is 6.61 Å². The van der Waals surface area contributed by atoms with Crippen LogP contribution in [0.1, 0.15) is 10.4 Å². The molecule has 1 N–H and O–H groups in total. The van der Waals surface area contributed by atoms with Crippen LogP contribution in [0.4, 0.5) is 0 Å². The van der Waals surface area contributed by atoms with Crippen molar-refractivity contribution in [1.82, 2.24) is 5.32 Å². The highest BCUT2D eigenvalue weighted by Crippen LogP contribution is 2.20. The molecule has 1 aromatic carbocycles. The van der Waals surface area contributed by atoms with Gasteiger partial charge in [-0.3, -0.25) is 4.79 Å². The number of carbonyl (C=O) groups excluding carboxylic acids is 1. The summed E-state index contributed by atoms with van der Waals surface area (Å²) < 4.78 is 5.41. The summed E-state index contributed by atoms with van der Waals surface area (Å²) in [6.07, 6.45) is 0. The smallest absolute Gasteiger partial charge is 0.258 e. The Balaban J connectivity index is 1.78. The van der Waals surface area contributed by atoms with Crippen molar-refractivity contribution in [3.63, 3.8) is 0 Å². The number of hydrogen-bond donors (Lipinski definition) is 1. The maximum Gasteiger partial charge on any atom is 0.258 e. The Morgan fingerprint density at radius 3 is 2.95 bits per heavy atom. The number of amides is 1. The lowest BCUT2D eigenvalue weighted by Gasteiger charge is -2.08. The van der Waals surface area contributed by atoms with E-state index in [-0.39, 0.29) is 12.5 Å². The molecule has 19 heavy (non-hydrogen) atoms. The first-order valence-corrected chi connectivity index (χ1v) is 7.09. The van der Waals surface area contributed by atoms with Crippen molar-refractivity contribution >= 4 is 28.8 Å². The molecule has 0 radical (unpaired) electrons. The van der Waals surface area contributed by atoms with Crippen LogP contribution in [0, 0.1) is 6.92 Å². The summed E-state index contributed by atoms with van der Waals surface area (Å²) in [5.74, 6) is 0.508. The number of thiophene rings is 1. The van der Waals surface area contributed by atoms with Crippen molar-refractivity contribution in [2.45, 2.75) is 13.5 Å². The molecule has 1 aromatic heterocycles. The van der Waals surface area contributed by atoms with Crippen molar-refractivity contribution < 1.29 is 9.53 Å². The van der Waals surface area contributed by atoms with Gasteiger partial charge in [0.2, 0.25) is 0 Å². The van der Waals surface area contributed by atoms with Crippen molar-refractivity contribution in [1.29, 1.82) is 0 Å². The summed E-state index contributed by atoms with van der Waals surface area (Å²) in [7, 11) is 0. The third-order valence-electron chi connectivity index (χ3n) is 2.54. The molecule has 0 saturated heterocycles. The molecular weight excluding hydrogens is 282 g/mol. The Labute approximate surface area is 121 Å². The summed E-state index contributed by atoms with van der Waals surface area (Å²) in [6, 6.07) is 9.26. The number of aryl methyl sites for hydroxylation is 1. The van der Waals surface area contributed by atoms with Crippen LogP contribution in [0.3, 0.4) is 0 Å². The van der Waals surface area contributed by atoms with Crippen LogP contribution in [-0.2, 0) is 11.3 Å². The first-order chi connectivity index (χ1) is 9.15. The third kappa shape index (κ3) is 4.26. The summed E-state index contributed by atoms with van der Waals surface area (Å²) in [5, 5.41) is 5.47. The number of carbonyl (C=O) groups is 1. The summed E-state index contributed by atoms with van der Waals surface area (Å²) in [4.78, 5) is 12.7. The highest BCUT2D eigenvalue weighted by Gasteiger charge is 2.04. The van der Waals surface area contributed by atoms with Gasteiger partial charge in [-0.05, 0) is 42.1 Å². The fourth-order valence-electron chi connectivity index (χ4n) is 1.51. The highest BCUT2D eigenvalue weighted by molar-refractivity contribution is 7.09. The van der Waals surface area contributed by atoms with Crippen LogP contribution in [-0.4, -0.2) is 12.5 Å². The summed E-state index contributed by atoms with van der Waals surface area (Å²) in [5.41, 5.74) is 0.929. The lowest BCUT2D eigenvalue weighted by atomic mass is 10.2. The molecule has 0 spiro atoms. The van der Waals surface area contributed by atoms with Gasteiger partial charge < -0.3 is 10.1 Å². The van der Waals surface area contributed by atoms with Gasteiger partial charge in [-0.1, -0.05) is 17.7 Å². The standard InChI is InChI=1S/C14H14ClNO2S/c1-10-7-11(4-5-13(10)15)18-9-14(17)16-8-12-3-2-6-19-12/h2-7H,8-9H2,1H3,(H,16,17). The van der Waals surface area contributed by atoms with Crippen LogP contribution in [0.5, 0.6) is 5.75 Å². The third-order valence-corrected chi connectivity index (χ3v) is 3.84. The molecule has 0 saturated carbocycles. The van der Waals surface area contributed by atoms with Gasteiger partial charge in [-0.25, -0.2) is 0 Å². The molecule has 0 unspecified atom stereocenters. The second-order valence-corrected chi connectivity index (χ2v) is 5.50. The minimum Gasteiger partial charge on any atom is -0.484 e. The fourth-order valence-corrected chi connectivity index (χ4v) is 2.27. The van der Waals surface area contributed by atoms with Gasteiger partial charge in [-0.2, -0.15) is 0 Å². The molecule has 2 aromatic rings. The number of hydrogen-bond acceptors (Lipinski definition) is 3. The molecule has 0 atom stereocenters. The predicted molar refractivity (Wildman–Crippen MR) is 77.8 cm³/mol. The number of halogens is 1. The minimum atomic E-state index is -0.138. The fraction of sp³-hybridized carbons (Fsp3) is 0.214. The quantitative estimate of drug-likeness (QED) is 0.918. The molecule has 0 aliphatic carbocycles. The molecule has 0 fully saturated rings. The number of nitrogens with one attached hydrogen (secondary N) is 1. The van der Waals surface area contributed by atoms with E-state index in [1.807, 2.05) is 30.5 Å². The second-order valence-electron chi connectivity index (χ2n) is 4.06. The number of ether oxygens (including phenoxy) is 1. The largest absolute Gasteiger partial charge is 0.484 e. The number of rotatable bonds is 5. The lowest BCUT2D eigenvalue weighted by Crippen LogP contribution is -2.28. The maximum absolute atomic E-state index is 11.6. The van der Waals surface area contributed by atoms with E-state index < -0.39 is 0 Å². The van der Waals surface area contributed by atoms with Gasteiger partial charge in [0, 0.05) is 9.90 Å². The van der Waals surface area contributed by atoms with E-state index >= 15 is 0 Å². The van der Waals surface area contributed by atoms with E-state index in [2.05, 4.69) is 5.32 Å². The van der Waals surface area contributed by atoms with Crippen LogP contribution in [0.25, 0.3) is 0 Å². The van der Waals surface area contributed by atoms with E-state index in [1.165, 1.54) is 0 Å². The van der Waals surface area contributed by atoms with Gasteiger partial charge in [0.25, 0.3) is 5.91 Å². The zero-order valence-electron chi connectivity index (χ0n) is 10.5. The van der Waals surface area contributed by atoms with Crippen LogP contribution >= 0.6 is 22.9 Å². The van der Waals surface area contributed by atoms with Crippen LogP contribution in [0.15, 0.2) is 35.7 Å². The average molecular weight is 296 g/mol. The van der Waals surface area contributed by atoms with E-state index in [0.717, 1.165) is 10.4 Å². The molecule has 100 valence electrons. The molecule has 2 rings (SSSR count). The second kappa shape index (κ2) is 6.59. The van der Waals surface area contributed by atoms with Crippen LogP contribution < -0.4 is 10.1 Å². The van der Waals surface area contributed by atoms with Gasteiger partial charge in [0.05, 0.1) is 6.54 Å². The Hall–Kier alpha value is -1.52. The first kappa shape index (κ1) is 13.9. The van der Waals surface area contributed by atoms with Gasteiger partial charge in [-0.15, -0.1) is 11.3 Å². The Kier molecular flexibility index (Phi) is 4.82. The average Bonchev–Trinajstić information content (AvgIpc) is 2.91. The highest BCUT2D eigenvalue weighted by atomic mass is 35.5. The SMILES string of the molecule is Cc1cc(OCC(=O)NCc2cccs2)ccc1Cl. The normalized spacial score (nSPS) is 10.2. The molecule has 0 bridgehead atoms. The number of benzene rings is 1. The Morgan fingerprint density at radius 1 is 1.42 bits per heavy atom. The van der Waals surface area contributed by atoms with E-state index in [1.54, 1.807) is 23.5 Å². The summed E-state index contributed by atoms with van der Waals surface area (Å²) in [6.45, 7) is 2.44. The van der Waals surface area contributed by atoms with Gasteiger partial charge in [0.1, 0.15) is 5.75 Å². The van der Waals surface area contributed by atoms with Crippen LogP contribution in [0.2, 0.25) is 5.02 Å². The van der Waals surface area contributed by atoms with Crippen molar-refractivity contribution in [3.8, 4) is 5.75 Å². The zero-order chi connectivity index (χ0) is 13.7. The molecule has 3 nitrogen and oxygen atoms in total. The van der Waals surface area contributed by atoms with E-state index in [9.17, 15) is 4.79 Å². The zero-order valence-corrected chi connectivity index (χ0v) is 12.1. The van der Waals surface area contributed by atoms with Gasteiger partial charge >= 0.3 is 0 Å². The Bertz CT molecular complexity index is 555. The monoisotopic (exact) mass is 295 g/mol. The van der Waals surface area contributed by atoms with Crippen molar-refractivity contribution in [3.05, 3.63) is 51.2 Å². The first-order valence-electron chi connectivity index (χ1n) is 5.83. The van der Waals surface area contributed by atoms with E-state index in [0.29, 0.717) is 17.3 Å². The molecule has 5 heteroatoms. The Morgan fingerprint density at radius 2 is 2.26 bits per heavy atom. The molecule has 0 aliphatic heterocycles. The maximum atomic E-state index is 11.6. The summed E-state index contributed by atoms with van der Waals surface area (Å²) >= 11 is 7.53. The topological polar surface area (TPSA) is 38.3 Å².